The number of nitrogen functional groups attached to an aromatic ring is 1. The first-order valence-electron chi connectivity index (χ1n) is 4.49. The van der Waals surface area contributed by atoms with Gasteiger partial charge in [0.1, 0.15) is 11.6 Å². The molecule has 0 amide bonds. The maximum atomic E-state index is 7.45. The molecule has 0 saturated carbocycles. The largest absolute Gasteiger partial charge is 0.496 e. The van der Waals surface area contributed by atoms with Crippen molar-refractivity contribution in [3.8, 4) is 5.75 Å². The second-order valence-corrected chi connectivity index (χ2v) is 3.15. The molecule has 0 aliphatic carbocycles. The third-order valence-electron chi connectivity index (χ3n) is 2.29. The molecule has 0 unspecified atom stereocenters. The lowest BCUT2D eigenvalue weighted by Gasteiger charge is -2.08. The molecule has 1 aromatic carbocycles. The Morgan fingerprint density at radius 2 is 2.13 bits per heavy atom. The molecule has 0 aliphatic heterocycles. The number of methoxy groups -OCH3 is 1. The van der Waals surface area contributed by atoms with Gasteiger partial charge in [0.2, 0.25) is 0 Å². The molecule has 76 valence electrons. The number of nitrogens with one attached hydrogen (secondary N) is 1. The molecular formula is C11H11N3O. The van der Waals surface area contributed by atoms with Crippen LogP contribution in [-0.2, 0) is 0 Å². The molecular weight excluding hydrogens is 190 g/mol. The van der Waals surface area contributed by atoms with Crippen LogP contribution in [0, 0.1) is 5.41 Å². The molecule has 0 radical (unpaired) electrons. The fourth-order valence-electron chi connectivity index (χ4n) is 1.58. The minimum absolute atomic E-state index is 0.0376. The Hall–Kier alpha value is -2.10. The van der Waals surface area contributed by atoms with Crippen LogP contribution in [0.5, 0.6) is 5.75 Å². The SMILES string of the molecule is COc1ccc(C(=N)N)c2cnccc12. The lowest BCUT2D eigenvalue weighted by molar-refractivity contribution is 0.420. The number of benzene rings is 1. The first kappa shape index (κ1) is 9.45. The molecule has 4 heteroatoms. The summed E-state index contributed by atoms with van der Waals surface area (Å²) in [5.41, 5.74) is 6.17. The summed E-state index contributed by atoms with van der Waals surface area (Å²) in [5, 5.41) is 9.21. The Balaban J connectivity index is 2.83. The van der Waals surface area contributed by atoms with E-state index in [1.807, 2.05) is 6.07 Å². The fourth-order valence-corrected chi connectivity index (χ4v) is 1.58. The van der Waals surface area contributed by atoms with Crippen molar-refractivity contribution in [3.05, 3.63) is 36.2 Å². The van der Waals surface area contributed by atoms with E-state index >= 15 is 0 Å². The molecule has 1 aromatic heterocycles. The zero-order chi connectivity index (χ0) is 10.8. The van der Waals surface area contributed by atoms with Gasteiger partial charge in [-0.05, 0) is 18.2 Å². The standard InChI is InChI=1S/C11H11N3O/c1-15-10-3-2-8(11(12)13)9-6-14-5-4-7(9)10/h2-6H,1H3,(H3,12,13). The summed E-state index contributed by atoms with van der Waals surface area (Å²) >= 11 is 0. The van der Waals surface area contributed by atoms with Crippen LogP contribution in [0.4, 0.5) is 0 Å². The molecule has 3 N–H and O–H groups in total. The fraction of sp³-hybridized carbons (Fsp3) is 0.0909. The maximum Gasteiger partial charge on any atom is 0.126 e. The summed E-state index contributed by atoms with van der Waals surface area (Å²) in [7, 11) is 1.61. The Morgan fingerprint density at radius 1 is 1.33 bits per heavy atom. The van der Waals surface area contributed by atoms with Crippen LogP contribution < -0.4 is 10.5 Å². The minimum Gasteiger partial charge on any atom is -0.496 e. The van der Waals surface area contributed by atoms with Gasteiger partial charge in [-0.15, -0.1) is 0 Å². The van der Waals surface area contributed by atoms with Gasteiger partial charge in [0.15, 0.2) is 0 Å². The number of hydrogen-bond donors (Lipinski definition) is 2. The third kappa shape index (κ3) is 1.50. The molecule has 0 aliphatic rings. The van der Waals surface area contributed by atoms with Crippen LogP contribution in [-0.4, -0.2) is 17.9 Å². The Kier molecular flexibility index (Phi) is 2.25. The van der Waals surface area contributed by atoms with Crippen molar-refractivity contribution in [1.29, 1.82) is 5.41 Å². The van der Waals surface area contributed by atoms with Gasteiger partial charge in [-0.25, -0.2) is 0 Å². The third-order valence-corrected chi connectivity index (χ3v) is 2.29. The molecule has 0 saturated heterocycles. The lowest BCUT2D eigenvalue weighted by atomic mass is 10.1. The monoisotopic (exact) mass is 201 g/mol. The highest BCUT2D eigenvalue weighted by Crippen LogP contribution is 2.27. The second kappa shape index (κ2) is 3.57. The number of nitrogens with two attached hydrogens (primary N) is 1. The van der Waals surface area contributed by atoms with E-state index in [1.54, 1.807) is 31.6 Å². The van der Waals surface area contributed by atoms with Crippen molar-refractivity contribution in [2.24, 2.45) is 5.73 Å². The molecule has 0 spiro atoms. The number of fused-ring (bicyclic) bond motifs is 1. The van der Waals surface area contributed by atoms with Crippen LogP contribution in [0.15, 0.2) is 30.6 Å². The predicted octanol–water partition coefficient (Wildman–Crippen LogP) is 1.53. The predicted molar refractivity (Wildman–Crippen MR) is 59.3 cm³/mol. The van der Waals surface area contributed by atoms with Gasteiger partial charge in [0.25, 0.3) is 0 Å². The first-order valence-corrected chi connectivity index (χ1v) is 4.49. The highest BCUT2D eigenvalue weighted by atomic mass is 16.5. The van der Waals surface area contributed by atoms with E-state index in [-0.39, 0.29) is 5.84 Å². The van der Waals surface area contributed by atoms with Gasteiger partial charge in [0, 0.05) is 28.7 Å². The molecule has 15 heavy (non-hydrogen) atoms. The van der Waals surface area contributed by atoms with Crippen LogP contribution in [0.1, 0.15) is 5.56 Å². The van der Waals surface area contributed by atoms with Gasteiger partial charge in [0.05, 0.1) is 7.11 Å². The summed E-state index contributed by atoms with van der Waals surface area (Å²) in [6.45, 7) is 0. The number of ether oxygens (including phenoxy) is 1. The first-order chi connectivity index (χ1) is 7.24. The van der Waals surface area contributed by atoms with Crippen LogP contribution in [0.25, 0.3) is 10.8 Å². The number of nitrogens with zero attached hydrogens (tertiary/aromatic N) is 1. The van der Waals surface area contributed by atoms with E-state index in [0.29, 0.717) is 5.56 Å². The summed E-state index contributed by atoms with van der Waals surface area (Å²) in [5.74, 6) is 0.799. The topological polar surface area (TPSA) is 72.0 Å². The number of amidine groups is 1. The highest BCUT2D eigenvalue weighted by Gasteiger charge is 2.07. The van der Waals surface area contributed by atoms with Crippen LogP contribution >= 0.6 is 0 Å². The number of aromatic nitrogens is 1. The smallest absolute Gasteiger partial charge is 0.126 e. The van der Waals surface area contributed by atoms with E-state index < -0.39 is 0 Å². The normalized spacial score (nSPS) is 10.2. The molecule has 0 fully saturated rings. The summed E-state index contributed by atoms with van der Waals surface area (Å²) in [6.07, 6.45) is 3.38. The van der Waals surface area contributed by atoms with Crippen molar-refractivity contribution >= 4 is 16.6 Å². The van der Waals surface area contributed by atoms with Crippen LogP contribution in [0.3, 0.4) is 0 Å². The molecule has 0 bridgehead atoms. The molecule has 2 rings (SSSR count). The average Bonchev–Trinajstić information content (AvgIpc) is 2.27. The molecule has 4 nitrogen and oxygen atoms in total. The van der Waals surface area contributed by atoms with E-state index in [1.165, 1.54) is 0 Å². The Morgan fingerprint density at radius 3 is 2.80 bits per heavy atom. The van der Waals surface area contributed by atoms with Crippen molar-refractivity contribution in [2.75, 3.05) is 7.11 Å². The molecule has 0 atom stereocenters. The summed E-state index contributed by atoms with van der Waals surface area (Å²) in [4.78, 5) is 4.02. The molecule has 1 heterocycles. The number of hydrogen-bond acceptors (Lipinski definition) is 3. The van der Waals surface area contributed by atoms with E-state index in [9.17, 15) is 0 Å². The van der Waals surface area contributed by atoms with Gasteiger partial charge in [-0.3, -0.25) is 10.4 Å². The van der Waals surface area contributed by atoms with E-state index in [0.717, 1.165) is 16.5 Å². The minimum atomic E-state index is 0.0376. The van der Waals surface area contributed by atoms with Crippen LogP contribution in [0.2, 0.25) is 0 Å². The summed E-state index contributed by atoms with van der Waals surface area (Å²) in [6, 6.07) is 5.42. The van der Waals surface area contributed by atoms with Crippen molar-refractivity contribution < 1.29 is 4.74 Å². The van der Waals surface area contributed by atoms with Crippen molar-refractivity contribution in [2.45, 2.75) is 0 Å². The summed E-state index contributed by atoms with van der Waals surface area (Å²) < 4.78 is 5.22. The van der Waals surface area contributed by atoms with Gasteiger partial charge < -0.3 is 10.5 Å². The number of pyridine rings is 1. The van der Waals surface area contributed by atoms with Gasteiger partial charge in [-0.2, -0.15) is 0 Å². The van der Waals surface area contributed by atoms with E-state index in [2.05, 4.69) is 4.98 Å². The zero-order valence-electron chi connectivity index (χ0n) is 8.32. The zero-order valence-corrected chi connectivity index (χ0v) is 8.32. The lowest BCUT2D eigenvalue weighted by Crippen LogP contribution is -2.11. The highest BCUT2D eigenvalue weighted by molar-refractivity contribution is 6.08. The van der Waals surface area contributed by atoms with Gasteiger partial charge in [-0.1, -0.05) is 0 Å². The van der Waals surface area contributed by atoms with Crippen molar-refractivity contribution in [3.63, 3.8) is 0 Å². The van der Waals surface area contributed by atoms with Gasteiger partial charge >= 0.3 is 0 Å². The quantitative estimate of drug-likeness (QED) is 0.571. The Bertz CT molecular complexity index is 522. The molecule has 2 aromatic rings. The second-order valence-electron chi connectivity index (χ2n) is 3.15. The average molecular weight is 201 g/mol. The van der Waals surface area contributed by atoms with E-state index in [4.69, 9.17) is 15.9 Å². The number of rotatable bonds is 2. The van der Waals surface area contributed by atoms with Crippen molar-refractivity contribution in [1.82, 2.24) is 4.98 Å². The maximum absolute atomic E-state index is 7.45. The Labute approximate surface area is 87.2 Å².